The molecule has 5 aromatic rings. The number of hydrogen-bond donors (Lipinski definition) is 2. The van der Waals surface area contributed by atoms with E-state index in [1.54, 1.807) is 62.4 Å². The Bertz CT molecular complexity index is 1440. The van der Waals surface area contributed by atoms with Gasteiger partial charge in [0.1, 0.15) is 23.0 Å². The fourth-order valence-electron chi connectivity index (χ4n) is 4.36. The third-order valence-corrected chi connectivity index (χ3v) is 6.73. The van der Waals surface area contributed by atoms with Crippen molar-refractivity contribution in [2.75, 3.05) is 0 Å². The van der Waals surface area contributed by atoms with Crippen LogP contribution in [0.3, 0.4) is 0 Å². The van der Waals surface area contributed by atoms with E-state index in [1.165, 1.54) is 0 Å². The number of hydrogen-bond acceptors (Lipinski definition) is 6. The summed E-state index contributed by atoms with van der Waals surface area (Å²) < 4.78 is 23.4. The van der Waals surface area contributed by atoms with E-state index in [4.69, 9.17) is 18.9 Å². The Morgan fingerprint density at radius 1 is 0.405 bits per heavy atom. The molecule has 0 saturated heterocycles. The van der Waals surface area contributed by atoms with Crippen molar-refractivity contribution in [2.24, 2.45) is 0 Å². The molecule has 0 radical (unpaired) electrons. The summed E-state index contributed by atoms with van der Waals surface area (Å²) in [4.78, 5) is 0. The van der Waals surface area contributed by atoms with E-state index >= 15 is 0 Å². The summed E-state index contributed by atoms with van der Waals surface area (Å²) in [5, 5.41) is 22.2. The second-order valence-electron chi connectivity index (χ2n) is 9.80. The molecule has 0 fully saturated rings. The van der Waals surface area contributed by atoms with Gasteiger partial charge in [0.2, 0.25) is 0 Å². The lowest BCUT2D eigenvalue weighted by atomic mass is 10.1. The van der Waals surface area contributed by atoms with Crippen LogP contribution >= 0.6 is 0 Å². The summed E-state index contributed by atoms with van der Waals surface area (Å²) in [6, 6.07) is 41.5. The smallest absolute Gasteiger partial charge is 0.368 e. The molecule has 2 atom stereocenters. The van der Waals surface area contributed by atoms with Crippen molar-refractivity contribution in [3.8, 4) is 45.3 Å². The molecule has 2 N–H and O–H groups in total. The highest BCUT2D eigenvalue weighted by Gasteiger charge is 2.32. The van der Waals surface area contributed by atoms with Crippen LogP contribution in [0, 0.1) is 0 Å². The second kappa shape index (κ2) is 12.8. The lowest BCUT2D eigenvalue weighted by Gasteiger charge is -2.29. The van der Waals surface area contributed by atoms with Crippen LogP contribution in [0.1, 0.15) is 26.7 Å². The quantitative estimate of drug-likeness (QED) is 0.150. The molecule has 6 heteroatoms. The highest BCUT2D eigenvalue weighted by atomic mass is 16.8. The Morgan fingerprint density at radius 3 is 1.10 bits per heavy atom. The Hall–Kier alpha value is -4.78. The van der Waals surface area contributed by atoms with Crippen molar-refractivity contribution in [3.05, 3.63) is 133 Å². The molecule has 5 aromatic carbocycles. The Kier molecular flexibility index (Phi) is 8.77. The third-order valence-electron chi connectivity index (χ3n) is 6.73. The normalized spacial score (nSPS) is 13.8. The molecule has 6 nitrogen and oxygen atoms in total. The van der Waals surface area contributed by atoms with Gasteiger partial charge in [-0.3, -0.25) is 0 Å². The van der Waals surface area contributed by atoms with Gasteiger partial charge in [0.15, 0.2) is 0 Å². The summed E-state index contributed by atoms with van der Waals surface area (Å²) in [6.45, 7) is 3.51. The fourth-order valence-corrected chi connectivity index (χ4v) is 4.36. The van der Waals surface area contributed by atoms with Gasteiger partial charge in [-0.15, -0.1) is 0 Å². The third kappa shape index (κ3) is 7.29. The molecule has 5 rings (SSSR count). The molecular formula is C36H34O6. The van der Waals surface area contributed by atoms with Gasteiger partial charge in [-0.25, -0.2) is 0 Å². The molecule has 0 saturated carbocycles. The molecule has 0 bridgehead atoms. The first-order valence-corrected chi connectivity index (χ1v) is 14.0. The number of ether oxygens (including phenoxy) is 4. The van der Waals surface area contributed by atoms with Gasteiger partial charge in [-0.2, -0.15) is 0 Å². The van der Waals surface area contributed by atoms with Crippen molar-refractivity contribution in [2.45, 2.75) is 38.6 Å². The molecular weight excluding hydrogens is 528 g/mol. The van der Waals surface area contributed by atoms with Gasteiger partial charge >= 0.3 is 11.9 Å². The van der Waals surface area contributed by atoms with E-state index in [0.717, 1.165) is 22.3 Å². The van der Waals surface area contributed by atoms with Crippen molar-refractivity contribution in [1.82, 2.24) is 0 Å². The highest BCUT2D eigenvalue weighted by Crippen LogP contribution is 2.31. The largest absolute Gasteiger partial charge is 0.430 e. The first-order valence-electron chi connectivity index (χ1n) is 14.0. The van der Waals surface area contributed by atoms with Crippen LogP contribution in [0.4, 0.5) is 0 Å². The minimum absolute atomic E-state index is 0.152. The lowest BCUT2D eigenvalue weighted by Crippen LogP contribution is -2.42. The first-order chi connectivity index (χ1) is 20.4. The van der Waals surface area contributed by atoms with Crippen LogP contribution in [-0.2, 0) is 0 Å². The van der Waals surface area contributed by atoms with Crippen LogP contribution in [0.5, 0.6) is 23.0 Å². The molecule has 42 heavy (non-hydrogen) atoms. The number of aliphatic hydroxyl groups is 2. The van der Waals surface area contributed by atoms with Crippen LogP contribution in [0.25, 0.3) is 22.3 Å². The van der Waals surface area contributed by atoms with Gasteiger partial charge < -0.3 is 29.2 Å². The Balaban J connectivity index is 1.24. The molecule has 0 amide bonds. The maximum atomic E-state index is 11.1. The average Bonchev–Trinajstić information content (AvgIpc) is 3.03. The molecule has 0 aromatic heterocycles. The SMILES string of the molecule is CCC(O)(Oc1ccc(-c2ccccc2)cc1)Oc1cccc(OC(O)(CC)Oc2ccc(-c3ccccc3)cc2)c1. The van der Waals surface area contributed by atoms with E-state index in [0.29, 0.717) is 23.0 Å². The van der Waals surface area contributed by atoms with Crippen molar-refractivity contribution in [3.63, 3.8) is 0 Å². The fraction of sp³-hybridized carbons (Fsp3) is 0.167. The van der Waals surface area contributed by atoms with Gasteiger partial charge in [0.05, 0.1) is 12.8 Å². The highest BCUT2D eigenvalue weighted by molar-refractivity contribution is 5.64. The zero-order valence-electron chi connectivity index (χ0n) is 23.6. The van der Waals surface area contributed by atoms with Crippen LogP contribution in [0.2, 0.25) is 0 Å². The van der Waals surface area contributed by atoms with E-state index in [1.807, 2.05) is 84.9 Å². The summed E-state index contributed by atoms with van der Waals surface area (Å²) in [5.41, 5.74) is 4.24. The van der Waals surface area contributed by atoms with E-state index in [-0.39, 0.29) is 12.8 Å². The minimum Gasteiger partial charge on any atom is -0.430 e. The first kappa shape index (κ1) is 28.7. The monoisotopic (exact) mass is 562 g/mol. The number of rotatable bonds is 12. The van der Waals surface area contributed by atoms with Crippen molar-refractivity contribution < 1.29 is 29.2 Å². The Labute approximate surface area is 246 Å². The zero-order valence-corrected chi connectivity index (χ0v) is 23.6. The summed E-state index contributed by atoms with van der Waals surface area (Å²) in [6.07, 6.45) is 0.305. The maximum absolute atomic E-state index is 11.1. The van der Waals surface area contributed by atoms with Gasteiger partial charge in [0, 0.05) is 6.07 Å². The van der Waals surface area contributed by atoms with Crippen LogP contribution < -0.4 is 18.9 Å². The second-order valence-corrected chi connectivity index (χ2v) is 9.80. The van der Waals surface area contributed by atoms with Crippen molar-refractivity contribution in [1.29, 1.82) is 0 Å². The zero-order chi connectivity index (χ0) is 29.4. The van der Waals surface area contributed by atoms with Gasteiger partial charge in [0.25, 0.3) is 0 Å². The maximum Gasteiger partial charge on any atom is 0.368 e. The molecule has 0 aliphatic heterocycles. The summed E-state index contributed by atoms with van der Waals surface area (Å²) in [7, 11) is 0. The predicted molar refractivity (Wildman–Crippen MR) is 163 cm³/mol. The van der Waals surface area contributed by atoms with E-state index in [2.05, 4.69) is 0 Å². The van der Waals surface area contributed by atoms with Crippen LogP contribution in [-0.4, -0.2) is 22.2 Å². The average molecular weight is 563 g/mol. The van der Waals surface area contributed by atoms with E-state index in [9.17, 15) is 10.2 Å². The summed E-state index contributed by atoms with van der Waals surface area (Å²) >= 11 is 0. The lowest BCUT2D eigenvalue weighted by molar-refractivity contribution is -0.275. The van der Waals surface area contributed by atoms with E-state index < -0.39 is 11.9 Å². The van der Waals surface area contributed by atoms with Crippen molar-refractivity contribution >= 4 is 0 Å². The molecule has 214 valence electrons. The molecule has 2 unspecified atom stereocenters. The minimum atomic E-state index is -1.93. The van der Waals surface area contributed by atoms with Crippen LogP contribution in [0.15, 0.2) is 133 Å². The summed E-state index contributed by atoms with van der Waals surface area (Å²) in [5.74, 6) is -2.35. The standard InChI is InChI=1S/C36H34O6/c1-3-35(37,39-31-22-18-29(19-23-31)27-12-7-5-8-13-27)41-33-16-11-17-34(26-33)42-36(38,4-2)40-32-24-20-30(21-25-32)28-14-9-6-10-15-28/h5-26,37-38H,3-4H2,1-2H3. The molecule has 0 aliphatic rings. The molecule has 0 heterocycles. The van der Waals surface area contributed by atoms with Gasteiger partial charge in [-0.05, 0) is 58.7 Å². The number of benzene rings is 5. The predicted octanol–water partition coefficient (Wildman–Crippen LogP) is 8.05. The Morgan fingerprint density at radius 2 is 0.738 bits per heavy atom. The van der Waals surface area contributed by atoms with Gasteiger partial charge in [-0.1, -0.05) is 105 Å². The topological polar surface area (TPSA) is 77.4 Å². The molecule has 0 aliphatic carbocycles. The molecule has 0 spiro atoms.